The van der Waals surface area contributed by atoms with E-state index in [1.54, 1.807) is 12.2 Å². The van der Waals surface area contributed by atoms with Crippen LogP contribution in [0.25, 0.3) is 0 Å². The zero-order valence-electron chi connectivity index (χ0n) is 17.4. The first-order valence-electron chi connectivity index (χ1n) is 10.3. The minimum atomic E-state index is -1.34. The van der Waals surface area contributed by atoms with E-state index in [-0.39, 0.29) is 34.2 Å². The Hall–Kier alpha value is -2.95. The quantitative estimate of drug-likeness (QED) is 0.519. The van der Waals surface area contributed by atoms with Gasteiger partial charge in [0.2, 0.25) is 5.91 Å². The Balaban J connectivity index is 1.28. The van der Waals surface area contributed by atoms with E-state index in [1.807, 2.05) is 12.2 Å². The van der Waals surface area contributed by atoms with Crippen LogP contribution in [0, 0.1) is 0 Å². The molecule has 5 rings (SSSR count). The number of benzene rings is 1. The van der Waals surface area contributed by atoms with Gasteiger partial charge in [0.1, 0.15) is 29.5 Å². The van der Waals surface area contributed by atoms with E-state index >= 15 is 0 Å². The minimum Gasteiger partial charge on any atom is -0.490 e. The Morgan fingerprint density at radius 3 is 2.59 bits per heavy atom. The SMILES string of the molecule is O=C1NC(=O)C2(CC(COC3=CCC(=CC4SC(=O)NC4=O)C=C3)Oc3cc(Cl)c(Cl)cc32)N1. The molecule has 1 aromatic carbocycles. The second kappa shape index (κ2) is 8.68. The van der Waals surface area contributed by atoms with E-state index in [2.05, 4.69) is 16.0 Å². The molecule has 3 N–H and O–H groups in total. The molecule has 176 valence electrons. The second-order valence-corrected chi connectivity index (χ2v) is 9.96. The Kier molecular flexibility index (Phi) is 5.83. The number of thioether (sulfide) groups is 1. The maximum Gasteiger partial charge on any atom is 0.322 e. The Morgan fingerprint density at radius 1 is 1.15 bits per heavy atom. The fourth-order valence-corrected chi connectivity index (χ4v) is 5.30. The summed E-state index contributed by atoms with van der Waals surface area (Å²) in [4.78, 5) is 47.7. The van der Waals surface area contributed by atoms with Crippen molar-refractivity contribution in [1.82, 2.24) is 16.0 Å². The normalized spacial score (nSPS) is 28.9. The zero-order valence-corrected chi connectivity index (χ0v) is 19.7. The number of ether oxygens (including phenoxy) is 2. The minimum absolute atomic E-state index is 0.106. The van der Waals surface area contributed by atoms with Crippen LogP contribution in [-0.4, -0.2) is 41.0 Å². The number of nitrogens with one attached hydrogen (secondary N) is 3. The van der Waals surface area contributed by atoms with Crippen molar-refractivity contribution >= 4 is 58.0 Å². The molecule has 9 nitrogen and oxygen atoms in total. The molecule has 4 aliphatic rings. The predicted molar refractivity (Wildman–Crippen MR) is 125 cm³/mol. The van der Waals surface area contributed by atoms with Crippen LogP contribution < -0.4 is 20.7 Å². The van der Waals surface area contributed by atoms with Crippen LogP contribution in [0.2, 0.25) is 10.0 Å². The van der Waals surface area contributed by atoms with Crippen molar-refractivity contribution in [3.8, 4) is 5.75 Å². The van der Waals surface area contributed by atoms with Gasteiger partial charge in [-0.3, -0.25) is 25.0 Å². The van der Waals surface area contributed by atoms with Crippen molar-refractivity contribution in [1.29, 1.82) is 0 Å². The van der Waals surface area contributed by atoms with Crippen LogP contribution in [0.4, 0.5) is 9.59 Å². The van der Waals surface area contributed by atoms with Gasteiger partial charge in [-0.15, -0.1) is 0 Å². The number of rotatable bonds is 4. The molecule has 2 fully saturated rings. The van der Waals surface area contributed by atoms with Gasteiger partial charge >= 0.3 is 6.03 Å². The zero-order chi connectivity index (χ0) is 24.0. The van der Waals surface area contributed by atoms with Gasteiger partial charge in [0, 0.05) is 18.1 Å². The first-order chi connectivity index (χ1) is 16.2. The number of carbonyl (C=O) groups excluding carboxylic acids is 4. The van der Waals surface area contributed by atoms with Crippen LogP contribution in [0.15, 0.2) is 47.8 Å². The first-order valence-corrected chi connectivity index (χ1v) is 11.9. The number of carbonyl (C=O) groups is 4. The van der Waals surface area contributed by atoms with E-state index in [0.717, 1.165) is 17.3 Å². The van der Waals surface area contributed by atoms with Crippen LogP contribution in [0.1, 0.15) is 18.4 Å². The molecule has 12 heteroatoms. The van der Waals surface area contributed by atoms with Crippen molar-refractivity contribution in [3.63, 3.8) is 0 Å². The van der Waals surface area contributed by atoms with Crippen molar-refractivity contribution in [2.45, 2.75) is 29.7 Å². The maximum absolute atomic E-state index is 12.7. The van der Waals surface area contributed by atoms with Gasteiger partial charge in [-0.2, -0.15) is 0 Å². The molecule has 2 saturated heterocycles. The van der Waals surface area contributed by atoms with Gasteiger partial charge in [-0.1, -0.05) is 35.4 Å². The van der Waals surface area contributed by atoms with E-state index < -0.39 is 28.8 Å². The van der Waals surface area contributed by atoms with Crippen molar-refractivity contribution in [2.24, 2.45) is 0 Å². The van der Waals surface area contributed by atoms with Crippen molar-refractivity contribution in [3.05, 3.63) is 63.4 Å². The third-order valence-electron chi connectivity index (χ3n) is 5.77. The Morgan fingerprint density at radius 2 is 1.94 bits per heavy atom. The number of amides is 5. The number of allylic oxidation sites excluding steroid dienone is 4. The highest BCUT2D eigenvalue weighted by molar-refractivity contribution is 8.15. The van der Waals surface area contributed by atoms with Gasteiger partial charge in [-0.05, 0) is 42.0 Å². The molecular formula is C22H17Cl2N3O6S. The fourth-order valence-electron chi connectivity index (χ4n) is 4.19. The highest BCUT2D eigenvalue weighted by Crippen LogP contribution is 2.44. The third kappa shape index (κ3) is 4.17. The number of urea groups is 1. The summed E-state index contributed by atoms with van der Waals surface area (Å²) in [7, 11) is 0. The molecule has 1 aromatic rings. The lowest BCUT2D eigenvalue weighted by Gasteiger charge is -2.37. The molecular weight excluding hydrogens is 505 g/mol. The standard InChI is InChI=1S/C22H17Cl2N3O6S/c23-14-6-13-16(7-15(14)24)33-12(8-22(13)19(29)26-20(30)27-22)9-32-11-3-1-10(2-4-11)5-17-18(28)25-21(31)34-17/h1,3-7,12,17H,2,8-9H2,(H,25,28,31)(H2,26,27,29,30). The van der Waals surface area contributed by atoms with Gasteiger partial charge in [0.05, 0.1) is 10.0 Å². The lowest BCUT2D eigenvalue weighted by atomic mass is 9.82. The average molecular weight is 522 g/mol. The highest BCUT2D eigenvalue weighted by Gasteiger charge is 2.53. The largest absolute Gasteiger partial charge is 0.490 e. The third-order valence-corrected chi connectivity index (χ3v) is 7.41. The molecule has 3 heterocycles. The van der Waals surface area contributed by atoms with Crippen LogP contribution in [0.3, 0.4) is 0 Å². The molecule has 0 bridgehead atoms. The van der Waals surface area contributed by atoms with Crippen LogP contribution >= 0.6 is 35.0 Å². The number of halogens is 2. The molecule has 3 atom stereocenters. The Bertz CT molecular complexity index is 1230. The molecule has 3 unspecified atom stereocenters. The molecule has 0 radical (unpaired) electrons. The number of fused-ring (bicyclic) bond motifs is 2. The lowest BCUT2D eigenvalue weighted by molar-refractivity contribution is -0.126. The second-order valence-electron chi connectivity index (χ2n) is 8.03. The molecule has 5 amide bonds. The lowest BCUT2D eigenvalue weighted by Crippen LogP contribution is -2.51. The molecule has 3 aliphatic heterocycles. The smallest absolute Gasteiger partial charge is 0.322 e. The van der Waals surface area contributed by atoms with Crippen LogP contribution in [-0.2, 0) is 19.9 Å². The molecule has 1 spiro atoms. The van der Waals surface area contributed by atoms with Crippen molar-refractivity contribution < 1.29 is 28.7 Å². The predicted octanol–water partition coefficient (Wildman–Crippen LogP) is 3.32. The summed E-state index contributed by atoms with van der Waals surface area (Å²) in [6.45, 7) is 0.106. The monoisotopic (exact) mass is 521 g/mol. The number of imide groups is 2. The summed E-state index contributed by atoms with van der Waals surface area (Å²) in [5.74, 6) is 0.112. The number of hydrogen-bond acceptors (Lipinski definition) is 7. The van der Waals surface area contributed by atoms with E-state index in [9.17, 15) is 19.2 Å². The van der Waals surface area contributed by atoms with Gasteiger partial charge < -0.3 is 14.8 Å². The Labute approximate surface area is 207 Å². The molecule has 0 aromatic heterocycles. The van der Waals surface area contributed by atoms with E-state index in [1.165, 1.54) is 12.1 Å². The van der Waals surface area contributed by atoms with Gasteiger partial charge in [-0.25, -0.2) is 4.79 Å². The average Bonchev–Trinajstić information content (AvgIpc) is 3.25. The van der Waals surface area contributed by atoms with E-state index in [4.69, 9.17) is 32.7 Å². The van der Waals surface area contributed by atoms with Gasteiger partial charge in [0.25, 0.3) is 11.1 Å². The first kappa shape index (κ1) is 22.8. The highest BCUT2D eigenvalue weighted by atomic mass is 35.5. The summed E-state index contributed by atoms with van der Waals surface area (Å²) in [5.41, 5.74) is -0.0231. The van der Waals surface area contributed by atoms with Crippen molar-refractivity contribution in [2.75, 3.05) is 6.61 Å². The van der Waals surface area contributed by atoms with Crippen LogP contribution in [0.5, 0.6) is 5.75 Å². The maximum atomic E-state index is 12.7. The van der Waals surface area contributed by atoms with Gasteiger partial charge in [0.15, 0.2) is 5.54 Å². The molecule has 1 aliphatic carbocycles. The topological polar surface area (TPSA) is 123 Å². The molecule has 0 saturated carbocycles. The summed E-state index contributed by atoms with van der Waals surface area (Å²) >= 11 is 13.2. The summed E-state index contributed by atoms with van der Waals surface area (Å²) in [6.07, 6.45) is 7.26. The summed E-state index contributed by atoms with van der Waals surface area (Å²) < 4.78 is 11.9. The number of hydrogen-bond donors (Lipinski definition) is 3. The summed E-state index contributed by atoms with van der Waals surface area (Å²) in [6, 6.07) is 2.44. The summed E-state index contributed by atoms with van der Waals surface area (Å²) in [5, 5.41) is 6.85. The van der Waals surface area contributed by atoms with E-state index in [0.29, 0.717) is 23.5 Å². The fraction of sp³-hybridized carbons (Fsp3) is 0.273. The molecule has 34 heavy (non-hydrogen) atoms.